The highest BCUT2D eigenvalue weighted by Crippen LogP contribution is 2.23. The van der Waals surface area contributed by atoms with E-state index in [4.69, 9.17) is 0 Å². The van der Waals surface area contributed by atoms with Gasteiger partial charge in [0.15, 0.2) is 0 Å². The van der Waals surface area contributed by atoms with E-state index in [0.29, 0.717) is 11.9 Å². The molecule has 1 unspecified atom stereocenters. The lowest BCUT2D eigenvalue weighted by Gasteiger charge is -2.27. The Balaban J connectivity index is 0.00000144. The summed E-state index contributed by atoms with van der Waals surface area (Å²) < 4.78 is 2.17. The van der Waals surface area contributed by atoms with Crippen LogP contribution >= 0.6 is 24.8 Å². The summed E-state index contributed by atoms with van der Waals surface area (Å²) in [6.45, 7) is 6.09. The van der Waals surface area contributed by atoms with E-state index < -0.39 is 0 Å². The number of hydrogen-bond donors (Lipinski definition) is 1. The van der Waals surface area contributed by atoms with Crippen LogP contribution < -0.4 is 5.32 Å². The number of carbonyl (C=O) groups excluding carboxylic acids is 1. The largest absolute Gasteiger partial charge is 0.338 e. The van der Waals surface area contributed by atoms with Crippen molar-refractivity contribution in [1.82, 2.24) is 19.8 Å². The molecule has 3 rings (SSSR count). The number of rotatable bonds is 5. The molecule has 7 heteroatoms. The first-order chi connectivity index (χ1) is 10.7. The molecule has 5 nitrogen and oxygen atoms in total. The number of carbonyl (C=O) groups is 1. The topological polar surface area (TPSA) is 50.2 Å². The van der Waals surface area contributed by atoms with Gasteiger partial charge in [0.25, 0.3) is 0 Å². The van der Waals surface area contributed by atoms with Gasteiger partial charge in [-0.3, -0.25) is 4.79 Å². The second kappa shape index (κ2) is 10.3. The summed E-state index contributed by atoms with van der Waals surface area (Å²) in [7, 11) is 0. The van der Waals surface area contributed by atoms with E-state index in [1.807, 2.05) is 19.3 Å². The second-order valence-electron chi connectivity index (χ2n) is 6.74. The number of nitrogens with one attached hydrogen (secondary N) is 1. The Morgan fingerprint density at radius 2 is 2.04 bits per heavy atom. The molecule has 1 amide bonds. The molecule has 138 valence electrons. The predicted molar refractivity (Wildman–Crippen MR) is 101 cm³/mol. The molecule has 2 aliphatic rings. The average Bonchev–Trinajstić information content (AvgIpc) is 3.16. The number of aryl methyl sites for hydroxylation is 1. The molecule has 0 spiro atoms. The van der Waals surface area contributed by atoms with Crippen molar-refractivity contribution in [3.05, 3.63) is 18.2 Å². The number of nitrogens with zero attached hydrogens (tertiary/aromatic N) is 3. The molecule has 2 saturated heterocycles. The van der Waals surface area contributed by atoms with Crippen LogP contribution in [0.25, 0.3) is 0 Å². The fourth-order valence-corrected chi connectivity index (χ4v) is 3.82. The summed E-state index contributed by atoms with van der Waals surface area (Å²) in [6.07, 6.45) is 10.4. The highest BCUT2D eigenvalue weighted by Gasteiger charge is 2.29. The van der Waals surface area contributed by atoms with Crippen molar-refractivity contribution in [2.24, 2.45) is 5.92 Å². The first-order valence-electron chi connectivity index (χ1n) is 8.72. The van der Waals surface area contributed by atoms with Crippen molar-refractivity contribution in [2.45, 2.75) is 58.0 Å². The van der Waals surface area contributed by atoms with Gasteiger partial charge in [0.1, 0.15) is 5.82 Å². The highest BCUT2D eigenvalue weighted by molar-refractivity contribution is 5.85. The molecule has 3 heterocycles. The first-order valence-corrected chi connectivity index (χ1v) is 8.72. The number of piperidine rings is 1. The molecule has 1 aromatic heterocycles. The van der Waals surface area contributed by atoms with E-state index in [-0.39, 0.29) is 24.8 Å². The van der Waals surface area contributed by atoms with E-state index in [1.54, 1.807) is 0 Å². The minimum Gasteiger partial charge on any atom is -0.338 e. The Morgan fingerprint density at radius 3 is 2.71 bits per heavy atom. The Kier molecular flexibility index (Phi) is 9.09. The van der Waals surface area contributed by atoms with Crippen LogP contribution in [0.5, 0.6) is 0 Å². The summed E-state index contributed by atoms with van der Waals surface area (Å²) >= 11 is 0. The van der Waals surface area contributed by atoms with Crippen LogP contribution in [0.2, 0.25) is 0 Å². The van der Waals surface area contributed by atoms with Crippen molar-refractivity contribution >= 4 is 30.7 Å². The monoisotopic (exact) mass is 376 g/mol. The Hall–Kier alpha value is -0.780. The molecule has 1 N–H and O–H groups in total. The Bertz CT molecular complexity index is 503. The maximum Gasteiger partial charge on any atom is 0.222 e. The molecule has 24 heavy (non-hydrogen) atoms. The lowest BCUT2D eigenvalue weighted by molar-refractivity contribution is -0.132. The third-order valence-corrected chi connectivity index (χ3v) is 5.25. The SMILES string of the molecule is Cc1nccn1CC1CCCN1C(=O)CCC1CCNCC1.Cl.Cl. The van der Waals surface area contributed by atoms with Gasteiger partial charge in [-0.2, -0.15) is 0 Å². The molecule has 0 aromatic carbocycles. The van der Waals surface area contributed by atoms with Crippen LogP contribution in [0.3, 0.4) is 0 Å². The standard InChI is InChI=1S/C17H28N4O.2ClH/c1-14-19-10-12-20(14)13-16-3-2-11-21(16)17(22)5-4-15-6-8-18-9-7-15;;/h10,12,15-16,18H,2-9,11,13H2,1H3;2*1H. The van der Waals surface area contributed by atoms with E-state index in [1.165, 1.54) is 12.8 Å². The molecule has 0 radical (unpaired) electrons. The molecule has 0 aliphatic carbocycles. The van der Waals surface area contributed by atoms with E-state index >= 15 is 0 Å². The number of halogens is 2. The van der Waals surface area contributed by atoms with Crippen molar-refractivity contribution in [3.63, 3.8) is 0 Å². The Labute approximate surface area is 157 Å². The van der Waals surface area contributed by atoms with Gasteiger partial charge in [-0.15, -0.1) is 24.8 Å². The average molecular weight is 377 g/mol. The zero-order valence-corrected chi connectivity index (χ0v) is 16.1. The summed E-state index contributed by atoms with van der Waals surface area (Å²) in [5.74, 6) is 2.13. The van der Waals surface area contributed by atoms with Gasteiger partial charge in [-0.05, 0) is 58.0 Å². The predicted octanol–water partition coefficient (Wildman–Crippen LogP) is 2.81. The van der Waals surface area contributed by atoms with Crippen molar-refractivity contribution < 1.29 is 4.79 Å². The smallest absolute Gasteiger partial charge is 0.222 e. The van der Waals surface area contributed by atoms with Crippen LogP contribution in [0.4, 0.5) is 0 Å². The molecule has 0 bridgehead atoms. The zero-order valence-electron chi connectivity index (χ0n) is 14.4. The third-order valence-electron chi connectivity index (χ3n) is 5.25. The van der Waals surface area contributed by atoms with Gasteiger partial charge in [0.2, 0.25) is 5.91 Å². The summed E-state index contributed by atoms with van der Waals surface area (Å²) in [5, 5.41) is 3.39. The van der Waals surface area contributed by atoms with Crippen molar-refractivity contribution in [3.8, 4) is 0 Å². The normalized spacial score (nSPS) is 21.2. The van der Waals surface area contributed by atoms with Gasteiger partial charge in [0, 0.05) is 37.9 Å². The lowest BCUT2D eigenvalue weighted by atomic mass is 9.93. The summed E-state index contributed by atoms with van der Waals surface area (Å²) in [4.78, 5) is 19.0. The molecule has 1 atom stereocenters. The second-order valence-corrected chi connectivity index (χ2v) is 6.74. The summed E-state index contributed by atoms with van der Waals surface area (Å²) in [6, 6.07) is 0.355. The maximum absolute atomic E-state index is 12.6. The van der Waals surface area contributed by atoms with Gasteiger partial charge < -0.3 is 14.8 Å². The van der Waals surface area contributed by atoms with Crippen LogP contribution in [0.1, 0.15) is 44.3 Å². The third kappa shape index (κ3) is 5.36. The lowest BCUT2D eigenvalue weighted by Crippen LogP contribution is -2.38. The van der Waals surface area contributed by atoms with Gasteiger partial charge in [-0.1, -0.05) is 0 Å². The highest BCUT2D eigenvalue weighted by atomic mass is 35.5. The number of imidazole rings is 1. The molecule has 2 fully saturated rings. The molecular formula is C17H30Cl2N4O. The quantitative estimate of drug-likeness (QED) is 0.859. The van der Waals surface area contributed by atoms with Gasteiger partial charge >= 0.3 is 0 Å². The van der Waals surface area contributed by atoms with Crippen molar-refractivity contribution in [1.29, 1.82) is 0 Å². The van der Waals surface area contributed by atoms with E-state index in [0.717, 1.165) is 63.6 Å². The maximum atomic E-state index is 12.6. The number of hydrogen-bond acceptors (Lipinski definition) is 3. The number of amides is 1. The van der Waals surface area contributed by atoms with E-state index in [9.17, 15) is 4.79 Å². The van der Waals surface area contributed by atoms with Crippen LogP contribution in [0.15, 0.2) is 12.4 Å². The number of likely N-dealkylation sites (tertiary alicyclic amines) is 1. The fourth-order valence-electron chi connectivity index (χ4n) is 3.82. The molecule has 1 aromatic rings. The minimum atomic E-state index is 0. The van der Waals surface area contributed by atoms with Gasteiger partial charge in [-0.25, -0.2) is 4.98 Å². The minimum absolute atomic E-state index is 0. The molecule has 2 aliphatic heterocycles. The Morgan fingerprint density at radius 1 is 1.29 bits per heavy atom. The van der Waals surface area contributed by atoms with Crippen LogP contribution in [-0.2, 0) is 11.3 Å². The molecule has 0 saturated carbocycles. The number of aromatic nitrogens is 2. The first kappa shape index (κ1) is 21.3. The van der Waals surface area contributed by atoms with Gasteiger partial charge in [0.05, 0.1) is 0 Å². The van der Waals surface area contributed by atoms with Crippen LogP contribution in [0, 0.1) is 12.8 Å². The van der Waals surface area contributed by atoms with Crippen molar-refractivity contribution in [2.75, 3.05) is 19.6 Å². The molecular weight excluding hydrogens is 347 g/mol. The zero-order chi connectivity index (χ0) is 15.4. The fraction of sp³-hybridized carbons (Fsp3) is 0.765. The summed E-state index contributed by atoms with van der Waals surface area (Å²) in [5.41, 5.74) is 0. The van der Waals surface area contributed by atoms with Crippen LogP contribution in [-0.4, -0.2) is 46.0 Å². The van der Waals surface area contributed by atoms with E-state index in [2.05, 4.69) is 19.8 Å².